The lowest BCUT2D eigenvalue weighted by Crippen LogP contribution is -2.03. The number of aromatic amines is 1. The van der Waals surface area contributed by atoms with Crippen LogP contribution in [0.5, 0.6) is 0 Å². The molecule has 0 aliphatic carbocycles. The van der Waals surface area contributed by atoms with E-state index in [0.29, 0.717) is 4.77 Å². The van der Waals surface area contributed by atoms with Crippen molar-refractivity contribution in [2.45, 2.75) is 20.4 Å². The van der Waals surface area contributed by atoms with Gasteiger partial charge >= 0.3 is 0 Å². The van der Waals surface area contributed by atoms with Crippen molar-refractivity contribution < 1.29 is 0 Å². The Balaban J connectivity index is 2.08. The molecule has 4 nitrogen and oxygen atoms in total. The second kappa shape index (κ2) is 4.54. The van der Waals surface area contributed by atoms with Gasteiger partial charge in [0.25, 0.3) is 0 Å². The zero-order chi connectivity index (χ0) is 14.6. The van der Waals surface area contributed by atoms with Gasteiger partial charge in [-0.1, -0.05) is 0 Å². The van der Waals surface area contributed by atoms with Crippen molar-refractivity contribution in [3.63, 3.8) is 0 Å². The first-order valence-corrected chi connectivity index (χ1v) is 8.13. The van der Waals surface area contributed by atoms with Crippen LogP contribution in [-0.2, 0) is 6.54 Å². The summed E-state index contributed by atoms with van der Waals surface area (Å²) in [6.07, 6.45) is 0. The first-order chi connectivity index (χ1) is 10.2. The largest absolute Gasteiger partial charge is 0.327 e. The molecule has 0 aliphatic heterocycles. The van der Waals surface area contributed by atoms with E-state index >= 15 is 0 Å². The minimum Gasteiger partial charge on any atom is -0.327 e. The molecule has 0 spiro atoms. The smallest absolute Gasteiger partial charge is 0.184 e. The van der Waals surface area contributed by atoms with Crippen molar-refractivity contribution >= 4 is 44.8 Å². The molecule has 1 N–H and O–H groups in total. The van der Waals surface area contributed by atoms with E-state index in [1.807, 2.05) is 11.6 Å². The Morgan fingerprint density at radius 2 is 2.19 bits per heavy atom. The number of nitrogens with zero attached hydrogens (tertiary/aromatic N) is 3. The number of hydrogen-bond donors (Lipinski definition) is 1. The van der Waals surface area contributed by atoms with Crippen LogP contribution in [0.3, 0.4) is 0 Å². The Kier molecular flexibility index (Phi) is 2.77. The normalized spacial score (nSPS) is 11.7. The molecule has 0 unspecified atom stereocenters. The SMILES string of the molecule is CCn1nc(C)c2[nH]c(=S)n(-c3ccc4sccc4c3)c21. The highest BCUT2D eigenvalue weighted by atomic mass is 32.1. The maximum Gasteiger partial charge on any atom is 0.184 e. The average molecular weight is 314 g/mol. The van der Waals surface area contributed by atoms with Crippen LogP contribution in [0, 0.1) is 11.7 Å². The zero-order valence-corrected chi connectivity index (χ0v) is 13.4. The van der Waals surface area contributed by atoms with E-state index in [-0.39, 0.29) is 0 Å². The molecule has 3 heterocycles. The summed E-state index contributed by atoms with van der Waals surface area (Å²) in [5.74, 6) is 0. The fourth-order valence-electron chi connectivity index (χ4n) is 2.76. The molecular weight excluding hydrogens is 300 g/mol. The maximum atomic E-state index is 5.53. The maximum absolute atomic E-state index is 5.53. The van der Waals surface area contributed by atoms with E-state index in [9.17, 15) is 0 Å². The monoisotopic (exact) mass is 314 g/mol. The van der Waals surface area contributed by atoms with Crippen LogP contribution < -0.4 is 0 Å². The van der Waals surface area contributed by atoms with E-state index in [1.54, 1.807) is 11.3 Å². The van der Waals surface area contributed by atoms with Gasteiger partial charge in [-0.05, 0) is 61.1 Å². The van der Waals surface area contributed by atoms with E-state index in [0.717, 1.165) is 29.1 Å². The number of thiophene rings is 1. The van der Waals surface area contributed by atoms with Crippen molar-refractivity contribution in [1.82, 2.24) is 19.3 Å². The number of imidazole rings is 1. The van der Waals surface area contributed by atoms with Crippen molar-refractivity contribution in [1.29, 1.82) is 0 Å². The number of benzene rings is 1. The summed E-state index contributed by atoms with van der Waals surface area (Å²) in [7, 11) is 0. The van der Waals surface area contributed by atoms with E-state index in [4.69, 9.17) is 12.2 Å². The van der Waals surface area contributed by atoms with Gasteiger partial charge in [0.1, 0.15) is 5.52 Å². The van der Waals surface area contributed by atoms with Gasteiger partial charge in [0.15, 0.2) is 10.4 Å². The molecule has 0 atom stereocenters. The van der Waals surface area contributed by atoms with Gasteiger partial charge in [-0.25, -0.2) is 4.68 Å². The van der Waals surface area contributed by atoms with E-state index in [2.05, 4.69) is 51.2 Å². The second-order valence-electron chi connectivity index (χ2n) is 5.01. The number of aryl methyl sites for hydroxylation is 2. The Hall–Kier alpha value is -1.92. The predicted octanol–water partition coefficient (Wildman–Crippen LogP) is 4.43. The van der Waals surface area contributed by atoms with E-state index in [1.165, 1.54) is 10.1 Å². The molecule has 21 heavy (non-hydrogen) atoms. The van der Waals surface area contributed by atoms with Crippen LogP contribution >= 0.6 is 23.6 Å². The van der Waals surface area contributed by atoms with Crippen molar-refractivity contribution in [2.24, 2.45) is 0 Å². The number of nitrogens with one attached hydrogen (secondary N) is 1. The minimum absolute atomic E-state index is 0.710. The Morgan fingerprint density at radius 1 is 1.33 bits per heavy atom. The molecule has 1 aromatic carbocycles. The average Bonchev–Trinajstić information content (AvgIpc) is 3.14. The van der Waals surface area contributed by atoms with Gasteiger partial charge in [0.2, 0.25) is 0 Å². The molecule has 0 aliphatic rings. The molecule has 0 amide bonds. The Morgan fingerprint density at radius 3 is 3.00 bits per heavy atom. The number of aromatic nitrogens is 4. The first kappa shape index (κ1) is 12.8. The predicted molar refractivity (Wildman–Crippen MR) is 90.0 cm³/mol. The molecule has 6 heteroatoms. The molecule has 4 rings (SSSR count). The number of H-pyrrole nitrogens is 1. The van der Waals surface area contributed by atoms with Gasteiger partial charge in [-0.15, -0.1) is 11.3 Å². The number of hydrogen-bond acceptors (Lipinski definition) is 3. The van der Waals surface area contributed by atoms with Gasteiger partial charge in [0, 0.05) is 11.2 Å². The summed E-state index contributed by atoms with van der Waals surface area (Å²) in [6, 6.07) is 8.58. The first-order valence-electron chi connectivity index (χ1n) is 6.85. The molecule has 4 aromatic rings. The highest BCUT2D eigenvalue weighted by Crippen LogP contribution is 2.27. The van der Waals surface area contributed by atoms with Crippen LogP contribution in [0.25, 0.3) is 26.9 Å². The topological polar surface area (TPSA) is 38.5 Å². The van der Waals surface area contributed by atoms with Gasteiger partial charge < -0.3 is 4.98 Å². The molecule has 3 aromatic heterocycles. The highest BCUT2D eigenvalue weighted by Gasteiger charge is 2.15. The fraction of sp³-hybridized carbons (Fsp3) is 0.200. The van der Waals surface area contributed by atoms with E-state index < -0.39 is 0 Å². The second-order valence-corrected chi connectivity index (χ2v) is 6.34. The summed E-state index contributed by atoms with van der Waals surface area (Å²) in [5, 5.41) is 7.92. The van der Waals surface area contributed by atoms with Crippen LogP contribution in [0.1, 0.15) is 12.6 Å². The lowest BCUT2D eigenvalue weighted by Gasteiger charge is -2.06. The summed E-state index contributed by atoms with van der Waals surface area (Å²) < 4.78 is 6.07. The molecule has 106 valence electrons. The standard InChI is InChI=1S/C15H14N4S2/c1-3-18-14-13(9(2)17-18)16-15(20)19(14)11-4-5-12-10(8-11)6-7-21-12/h4-8H,3H2,1-2H3,(H,16,20). The molecule has 0 saturated carbocycles. The third kappa shape index (κ3) is 1.79. The van der Waals surface area contributed by atoms with Crippen LogP contribution in [-0.4, -0.2) is 19.3 Å². The van der Waals surface area contributed by atoms with Gasteiger partial charge in [0.05, 0.1) is 11.4 Å². The van der Waals surface area contributed by atoms with Gasteiger partial charge in [-0.2, -0.15) is 5.10 Å². The molecular formula is C15H14N4S2. The summed E-state index contributed by atoms with van der Waals surface area (Å²) in [5.41, 5.74) is 4.11. The quantitative estimate of drug-likeness (QED) is 0.556. The number of rotatable bonds is 2. The lowest BCUT2D eigenvalue weighted by atomic mass is 10.2. The molecule has 0 bridgehead atoms. The van der Waals surface area contributed by atoms with Crippen LogP contribution in [0.4, 0.5) is 0 Å². The Labute approximate surface area is 130 Å². The summed E-state index contributed by atoms with van der Waals surface area (Å²) in [6.45, 7) is 4.91. The van der Waals surface area contributed by atoms with Crippen molar-refractivity contribution in [3.05, 3.63) is 40.1 Å². The molecule has 0 radical (unpaired) electrons. The van der Waals surface area contributed by atoms with Crippen LogP contribution in [0.15, 0.2) is 29.6 Å². The van der Waals surface area contributed by atoms with Crippen molar-refractivity contribution in [3.8, 4) is 5.69 Å². The number of fused-ring (bicyclic) bond motifs is 2. The third-order valence-corrected chi connectivity index (χ3v) is 4.92. The zero-order valence-electron chi connectivity index (χ0n) is 11.8. The summed E-state index contributed by atoms with van der Waals surface area (Å²) >= 11 is 7.28. The molecule has 0 saturated heterocycles. The van der Waals surface area contributed by atoms with Gasteiger partial charge in [-0.3, -0.25) is 4.57 Å². The highest BCUT2D eigenvalue weighted by molar-refractivity contribution is 7.71. The molecule has 0 fully saturated rings. The third-order valence-electron chi connectivity index (χ3n) is 3.74. The Bertz CT molecular complexity index is 1020. The van der Waals surface area contributed by atoms with Crippen LogP contribution in [0.2, 0.25) is 0 Å². The summed E-state index contributed by atoms with van der Waals surface area (Å²) in [4.78, 5) is 3.29. The lowest BCUT2D eigenvalue weighted by molar-refractivity contribution is 0.662. The minimum atomic E-state index is 0.710. The van der Waals surface area contributed by atoms with Crippen molar-refractivity contribution in [2.75, 3.05) is 0 Å². The fourth-order valence-corrected chi connectivity index (χ4v) is 3.82.